The van der Waals surface area contributed by atoms with Gasteiger partial charge in [0.1, 0.15) is 0 Å². The number of rotatable bonds is 6. The fraction of sp³-hybridized carbons (Fsp3) is 0.211. The van der Waals surface area contributed by atoms with E-state index < -0.39 is 30.3 Å². The van der Waals surface area contributed by atoms with Gasteiger partial charge in [0.25, 0.3) is 11.8 Å². The lowest BCUT2D eigenvalue weighted by atomic mass is 9.97. The Labute approximate surface area is 156 Å². The molecule has 0 fully saturated rings. The van der Waals surface area contributed by atoms with Crippen molar-refractivity contribution in [3.63, 3.8) is 0 Å². The topological polar surface area (TPSA) is 84.5 Å². The lowest BCUT2D eigenvalue weighted by molar-refractivity contribution is -0.150. The summed E-state index contributed by atoms with van der Waals surface area (Å²) in [6, 6.07) is 15.4. The van der Waals surface area contributed by atoms with Crippen molar-refractivity contribution >= 4 is 29.4 Å². The van der Waals surface area contributed by atoms with Crippen molar-refractivity contribution in [1.29, 1.82) is 0 Å². The lowest BCUT2D eigenvalue weighted by Crippen LogP contribution is -2.43. The quantitative estimate of drug-likeness (QED) is 0.601. The molecule has 1 unspecified atom stereocenters. The van der Waals surface area contributed by atoms with E-state index in [2.05, 4.69) is 10.9 Å². The summed E-state index contributed by atoms with van der Waals surface area (Å²) in [5.41, 5.74) is 5.61. The van der Waals surface area contributed by atoms with Crippen molar-refractivity contribution in [2.24, 2.45) is 0 Å². The summed E-state index contributed by atoms with van der Waals surface area (Å²) >= 11 is 5.75. The van der Waals surface area contributed by atoms with Crippen LogP contribution in [0.5, 0.6) is 0 Å². The van der Waals surface area contributed by atoms with E-state index in [0.717, 1.165) is 5.56 Å². The molecule has 1 atom stereocenters. The Bertz CT molecular complexity index is 763. The van der Waals surface area contributed by atoms with Crippen LogP contribution in [0.3, 0.4) is 0 Å². The molecule has 0 bridgehead atoms. The molecule has 0 heterocycles. The maximum atomic E-state index is 12.2. The number of esters is 1. The summed E-state index contributed by atoms with van der Waals surface area (Å²) in [6.07, 6.45) is 0.553. The minimum Gasteiger partial charge on any atom is -0.455 e. The van der Waals surface area contributed by atoms with Crippen molar-refractivity contribution < 1.29 is 19.1 Å². The maximum Gasteiger partial charge on any atom is 0.313 e. The average molecular weight is 375 g/mol. The first kappa shape index (κ1) is 19.5. The molecular weight excluding hydrogens is 356 g/mol. The molecule has 136 valence electrons. The van der Waals surface area contributed by atoms with Gasteiger partial charge in [0.2, 0.25) is 0 Å². The fourth-order valence-corrected chi connectivity index (χ4v) is 2.42. The van der Waals surface area contributed by atoms with Gasteiger partial charge in [0, 0.05) is 10.6 Å². The van der Waals surface area contributed by atoms with Gasteiger partial charge in [0.05, 0.1) is 5.92 Å². The van der Waals surface area contributed by atoms with Gasteiger partial charge >= 0.3 is 5.97 Å². The molecule has 0 aliphatic carbocycles. The van der Waals surface area contributed by atoms with Crippen LogP contribution in [0.4, 0.5) is 0 Å². The van der Waals surface area contributed by atoms with Gasteiger partial charge in [-0.1, -0.05) is 48.9 Å². The van der Waals surface area contributed by atoms with Gasteiger partial charge in [0.15, 0.2) is 6.61 Å². The highest BCUT2D eigenvalue weighted by molar-refractivity contribution is 6.30. The monoisotopic (exact) mass is 374 g/mol. The normalized spacial score (nSPS) is 11.3. The molecule has 2 N–H and O–H groups in total. The Morgan fingerprint density at radius 1 is 1.00 bits per heavy atom. The van der Waals surface area contributed by atoms with Crippen LogP contribution >= 0.6 is 11.6 Å². The molecule has 6 nitrogen and oxygen atoms in total. The Balaban J connectivity index is 1.79. The van der Waals surface area contributed by atoms with Crippen LogP contribution in [0.2, 0.25) is 5.02 Å². The van der Waals surface area contributed by atoms with Crippen LogP contribution in [0, 0.1) is 0 Å². The van der Waals surface area contributed by atoms with Crippen LogP contribution in [-0.2, 0) is 14.3 Å². The number of hydrazine groups is 1. The highest BCUT2D eigenvalue weighted by Crippen LogP contribution is 2.20. The molecule has 2 rings (SSSR count). The average Bonchev–Trinajstić information content (AvgIpc) is 2.66. The summed E-state index contributed by atoms with van der Waals surface area (Å²) in [7, 11) is 0. The SMILES string of the molecule is CCC(C(=O)OCC(=O)NNC(=O)c1ccc(Cl)cc1)c1ccccc1. The first-order valence-electron chi connectivity index (χ1n) is 8.07. The second-order valence-electron chi connectivity index (χ2n) is 5.49. The zero-order chi connectivity index (χ0) is 18.9. The summed E-state index contributed by atoms with van der Waals surface area (Å²) in [6.45, 7) is 1.38. The zero-order valence-corrected chi connectivity index (χ0v) is 15.0. The lowest BCUT2D eigenvalue weighted by Gasteiger charge is -2.14. The number of ether oxygens (including phenoxy) is 1. The zero-order valence-electron chi connectivity index (χ0n) is 14.2. The number of nitrogens with one attached hydrogen (secondary N) is 2. The van der Waals surface area contributed by atoms with Gasteiger partial charge in [-0.15, -0.1) is 0 Å². The third-order valence-corrected chi connectivity index (χ3v) is 3.91. The van der Waals surface area contributed by atoms with Gasteiger partial charge in [-0.2, -0.15) is 0 Å². The number of hydrogen-bond donors (Lipinski definition) is 2. The molecule has 0 aliphatic heterocycles. The maximum absolute atomic E-state index is 12.2. The van der Waals surface area contributed by atoms with E-state index in [1.807, 2.05) is 37.3 Å². The summed E-state index contributed by atoms with van der Waals surface area (Å²) in [4.78, 5) is 35.8. The Hall–Kier alpha value is -2.86. The first-order valence-corrected chi connectivity index (χ1v) is 8.45. The van der Waals surface area contributed by atoms with Crippen molar-refractivity contribution in [3.8, 4) is 0 Å². The second-order valence-corrected chi connectivity index (χ2v) is 5.92. The molecule has 2 aromatic rings. The molecular formula is C19H19ClN2O4. The van der Waals surface area contributed by atoms with Gasteiger partial charge in [-0.05, 0) is 36.2 Å². The summed E-state index contributed by atoms with van der Waals surface area (Å²) < 4.78 is 5.05. The van der Waals surface area contributed by atoms with Crippen molar-refractivity contribution in [1.82, 2.24) is 10.9 Å². The van der Waals surface area contributed by atoms with E-state index >= 15 is 0 Å². The highest BCUT2D eigenvalue weighted by Gasteiger charge is 2.21. The summed E-state index contributed by atoms with van der Waals surface area (Å²) in [5.74, 6) is -2.06. The molecule has 7 heteroatoms. The minimum absolute atomic E-state index is 0.335. The predicted octanol–water partition coefficient (Wildman–Crippen LogP) is 2.84. The summed E-state index contributed by atoms with van der Waals surface area (Å²) in [5, 5.41) is 0.501. The third-order valence-electron chi connectivity index (χ3n) is 3.66. The Kier molecular flexibility index (Phi) is 7.17. The Morgan fingerprint density at radius 3 is 2.27 bits per heavy atom. The predicted molar refractivity (Wildman–Crippen MR) is 97.5 cm³/mol. The van der Waals surface area contributed by atoms with Crippen LogP contribution < -0.4 is 10.9 Å². The molecule has 26 heavy (non-hydrogen) atoms. The van der Waals surface area contributed by atoms with Gasteiger partial charge < -0.3 is 4.74 Å². The largest absolute Gasteiger partial charge is 0.455 e. The number of carbonyl (C=O) groups excluding carboxylic acids is 3. The second kappa shape index (κ2) is 9.58. The molecule has 0 aromatic heterocycles. The van der Waals surface area contributed by atoms with E-state index in [1.165, 1.54) is 12.1 Å². The number of carbonyl (C=O) groups is 3. The number of hydrogen-bond acceptors (Lipinski definition) is 4. The minimum atomic E-state index is -0.636. The van der Waals surface area contributed by atoms with E-state index in [9.17, 15) is 14.4 Å². The highest BCUT2D eigenvalue weighted by atomic mass is 35.5. The van der Waals surface area contributed by atoms with Crippen LogP contribution in [0.25, 0.3) is 0 Å². The van der Waals surface area contributed by atoms with Gasteiger partial charge in [-0.25, -0.2) is 0 Å². The van der Waals surface area contributed by atoms with Crippen molar-refractivity contribution in [2.75, 3.05) is 6.61 Å². The number of benzene rings is 2. The molecule has 0 radical (unpaired) electrons. The van der Waals surface area contributed by atoms with E-state index in [-0.39, 0.29) is 0 Å². The van der Waals surface area contributed by atoms with E-state index in [4.69, 9.17) is 16.3 Å². The fourth-order valence-electron chi connectivity index (χ4n) is 2.30. The standard InChI is InChI=1S/C19H19ClN2O4/c1-2-16(13-6-4-3-5-7-13)19(25)26-12-17(23)21-22-18(24)14-8-10-15(20)11-9-14/h3-11,16H,2,12H2,1H3,(H,21,23)(H,22,24). The van der Waals surface area contributed by atoms with Crippen LogP contribution in [0.15, 0.2) is 54.6 Å². The van der Waals surface area contributed by atoms with E-state index in [0.29, 0.717) is 17.0 Å². The van der Waals surface area contributed by atoms with Crippen molar-refractivity contribution in [3.05, 3.63) is 70.7 Å². The van der Waals surface area contributed by atoms with Crippen LogP contribution in [0.1, 0.15) is 35.2 Å². The van der Waals surface area contributed by atoms with E-state index in [1.54, 1.807) is 12.1 Å². The molecule has 0 saturated heterocycles. The Morgan fingerprint density at radius 2 is 1.65 bits per heavy atom. The number of halogens is 1. The van der Waals surface area contributed by atoms with Crippen molar-refractivity contribution in [2.45, 2.75) is 19.3 Å². The van der Waals surface area contributed by atoms with Crippen LogP contribution in [-0.4, -0.2) is 24.4 Å². The number of amides is 2. The molecule has 0 spiro atoms. The molecule has 0 saturated carbocycles. The smallest absolute Gasteiger partial charge is 0.313 e. The first-order chi connectivity index (χ1) is 12.5. The third kappa shape index (κ3) is 5.60. The van der Waals surface area contributed by atoms with Gasteiger partial charge in [-0.3, -0.25) is 25.2 Å². The molecule has 2 amide bonds. The molecule has 2 aromatic carbocycles. The molecule has 0 aliphatic rings.